The maximum Gasteiger partial charge on any atom is 0.189 e. The van der Waals surface area contributed by atoms with Crippen molar-refractivity contribution in [3.05, 3.63) is 53.6 Å². The Morgan fingerprint density at radius 3 is 2.26 bits per heavy atom. The first-order valence-electron chi connectivity index (χ1n) is 6.90. The highest BCUT2D eigenvalue weighted by atomic mass is 16.5. The summed E-state index contributed by atoms with van der Waals surface area (Å²) in [6, 6.07) is 9.92. The molecule has 0 aromatic heterocycles. The Morgan fingerprint density at radius 2 is 1.65 bits per heavy atom. The van der Waals surface area contributed by atoms with Crippen LogP contribution in [0.2, 0.25) is 0 Å². The van der Waals surface area contributed by atoms with Crippen molar-refractivity contribution >= 4 is 11.9 Å². The molecule has 0 amide bonds. The molecular weight excluding hydrogens is 296 g/mol. The quantitative estimate of drug-likeness (QED) is 0.654. The molecule has 2 rings (SSSR count). The number of benzene rings is 2. The van der Waals surface area contributed by atoms with Crippen LogP contribution < -0.4 is 14.2 Å². The number of phenolic OH excluding ortho intramolecular Hbond substituents is 1. The van der Waals surface area contributed by atoms with Gasteiger partial charge in [-0.2, -0.15) is 0 Å². The summed E-state index contributed by atoms with van der Waals surface area (Å²) in [4.78, 5) is 12.4. The fourth-order valence-corrected chi connectivity index (χ4v) is 2.08. The Kier molecular flexibility index (Phi) is 5.25. The maximum atomic E-state index is 12.4. The molecule has 5 nitrogen and oxygen atoms in total. The van der Waals surface area contributed by atoms with Gasteiger partial charge in [0.1, 0.15) is 11.5 Å². The first-order valence-corrected chi connectivity index (χ1v) is 6.90. The van der Waals surface area contributed by atoms with E-state index < -0.39 is 0 Å². The Labute approximate surface area is 134 Å². The molecule has 5 heteroatoms. The molecule has 0 saturated heterocycles. The van der Waals surface area contributed by atoms with Crippen LogP contribution in [0, 0.1) is 0 Å². The van der Waals surface area contributed by atoms with Crippen LogP contribution in [0.15, 0.2) is 42.5 Å². The Hall–Kier alpha value is -2.95. The smallest absolute Gasteiger partial charge is 0.189 e. The highest BCUT2D eigenvalue weighted by Crippen LogP contribution is 2.27. The van der Waals surface area contributed by atoms with Crippen LogP contribution in [-0.2, 0) is 0 Å². The lowest BCUT2D eigenvalue weighted by molar-refractivity contribution is 0.104. The van der Waals surface area contributed by atoms with Crippen molar-refractivity contribution in [1.82, 2.24) is 0 Å². The minimum atomic E-state index is -0.226. The van der Waals surface area contributed by atoms with Gasteiger partial charge >= 0.3 is 0 Å². The van der Waals surface area contributed by atoms with Gasteiger partial charge in [0, 0.05) is 0 Å². The number of aromatic hydroxyl groups is 1. The number of hydrogen-bond acceptors (Lipinski definition) is 5. The lowest BCUT2D eigenvalue weighted by Crippen LogP contribution is -1.99. The van der Waals surface area contributed by atoms with E-state index in [4.69, 9.17) is 14.2 Å². The predicted molar refractivity (Wildman–Crippen MR) is 87.6 cm³/mol. The van der Waals surface area contributed by atoms with E-state index in [-0.39, 0.29) is 11.5 Å². The van der Waals surface area contributed by atoms with E-state index in [2.05, 4.69) is 0 Å². The summed E-state index contributed by atoms with van der Waals surface area (Å²) in [7, 11) is 4.51. The molecule has 23 heavy (non-hydrogen) atoms. The van der Waals surface area contributed by atoms with Crippen LogP contribution in [0.3, 0.4) is 0 Å². The van der Waals surface area contributed by atoms with Gasteiger partial charge in [0.05, 0.1) is 26.9 Å². The zero-order valence-corrected chi connectivity index (χ0v) is 13.2. The summed E-state index contributed by atoms with van der Waals surface area (Å²) >= 11 is 0. The number of allylic oxidation sites excluding steroid dienone is 1. The highest BCUT2D eigenvalue weighted by Gasteiger charge is 2.11. The second-order valence-corrected chi connectivity index (χ2v) is 4.70. The van der Waals surface area contributed by atoms with Crippen molar-refractivity contribution in [3.8, 4) is 23.0 Å². The van der Waals surface area contributed by atoms with Crippen LogP contribution in [0.5, 0.6) is 23.0 Å². The summed E-state index contributed by atoms with van der Waals surface area (Å²) in [5.41, 5.74) is 1.08. The first kappa shape index (κ1) is 16.4. The van der Waals surface area contributed by atoms with Crippen molar-refractivity contribution < 1.29 is 24.1 Å². The molecule has 0 saturated carbocycles. The number of ether oxygens (including phenoxy) is 3. The number of phenols is 1. The largest absolute Gasteiger partial charge is 0.504 e. The van der Waals surface area contributed by atoms with Gasteiger partial charge in [0.15, 0.2) is 17.3 Å². The minimum Gasteiger partial charge on any atom is -0.504 e. The molecule has 120 valence electrons. The molecule has 2 aromatic carbocycles. The van der Waals surface area contributed by atoms with Crippen molar-refractivity contribution in [2.24, 2.45) is 0 Å². The second-order valence-electron chi connectivity index (χ2n) is 4.70. The van der Waals surface area contributed by atoms with Gasteiger partial charge in [-0.15, -0.1) is 0 Å². The maximum absolute atomic E-state index is 12.4. The van der Waals surface area contributed by atoms with Gasteiger partial charge < -0.3 is 19.3 Å². The molecule has 0 radical (unpaired) electrons. The second kappa shape index (κ2) is 7.35. The standard InChI is InChI=1S/C18H18O5/c1-21-13-6-9-17(22-2)14(11-13)15(19)7-4-12-5-8-18(23-3)16(20)10-12/h4-11,20H,1-3H3/b7-4+. The zero-order valence-electron chi connectivity index (χ0n) is 13.2. The van der Waals surface area contributed by atoms with Gasteiger partial charge in [-0.3, -0.25) is 4.79 Å². The summed E-state index contributed by atoms with van der Waals surface area (Å²) in [6.07, 6.45) is 3.03. The number of carbonyl (C=O) groups excluding carboxylic acids is 1. The average molecular weight is 314 g/mol. The molecule has 0 spiro atoms. The molecule has 0 aliphatic carbocycles. The summed E-state index contributed by atoms with van der Waals surface area (Å²) < 4.78 is 15.3. The molecule has 0 fully saturated rings. The molecule has 1 N–H and O–H groups in total. The van der Waals surface area contributed by atoms with Crippen molar-refractivity contribution in [1.29, 1.82) is 0 Å². The van der Waals surface area contributed by atoms with Crippen LogP contribution in [-0.4, -0.2) is 32.2 Å². The molecule has 0 heterocycles. The summed E-state index contributed by atoms with van der Waals surface area (Å²) in [5.74, 6) is 1.21. The lowest BCUT2D eigenvalue weighted by Gasteiger charge is -2.08. The monoisotopic (exact) mass is 314 g/mol. The third kappa shape index (κ3) is 3.83. The Bertz CT molecular complexity index is 734. The van der Waals surface area contributed by atoms with Gasteiger partial charge in [-0.1, -0.05) is 12.1 Å². The van der Waals surface area contributed by atoms with E-state index in [0.717, 1.165) is 0 Å². The number of rotatable bonds is 6. The van der Waals surface area contributed by atoms with Crippen molar-refractivity contribution in [3.63, 3.8) is 0 Å². The molecule has 0 aliphatic heterocycles. The van der Waals surface area contributed by atoms with Crippen molar-refractivity contribution in [2.75, 3.05) is 21.3 Å². The van der Waals surface area contributed by atoms with E-state index in [1.165, 1.54) is 33.5 Å². The molecule has 0 aliphatic rings. The summed E-state index contributed by atoms with van der Waals surface area (Å²) in [6.45, 7) is 0. The fourth-order valence-electron chi connectivity index (χ4n) is 2.08. The first-order chi connectivity index (χ1) is 11.1. The normalized spacial score (nSPS) is 10.6. The number of methoxy groups -OCH3 is 3. The number of ketones is 1. The van der Waals surface area contributed by atoms with Crippen LogP contribution in [0.1, 0.15) is 15.9 Å². The van der Waals surface area contributed by atoms with E-state index in [1.54, 1.807) is 36.4 Å². The van der Waals surface area contributed by atoms with Gasteiger partial charge in [0.2, 0.25) is 0 Å². The molecule has 2 aromatic rings. The molecular formula is C18H18O5. The lowest BCUT2D eigenvalue weighted by atomic mass is 10.1. The average Bonchev–Trinajstić information content (AvgIpc) is 2.59. The number of carbonyl (C=O) groups is 1. The Morgan fingerprint density at radius 1 is 0.957 bits per heavy atom. The van der Waals surface area contributed by atoms with Crippen LogP contribution in [0.25, 0.3) is 6.08 Å². The molecule has 0 unspecified atom stereocenters. The predicted octanol–water partition coefficient (Wildman–Crippen LogP) is 3.31. The number of hydrogen-bond donors (Lipinski definition) is 1. The van der Waals surface area contributed by atoms with E-state index in [9.17, 15) is 9.90 Å². The molecule has 0 bridgehead atoms. The third-order valence-corrected chi connectivity index (χ3v) is 3.30. The summed E-state index contributed by atoms with van der Waals surface area (Å²) in [5, 5.41) is 9.74. The van der Waals surface area contributed by atoms with Crippen molar-refractivity contribution in [2.45, 2.75) is 0 Å². The third-order valence-electron chi connectivity index (χ3n) is 3.30. The van der Waals surface area contributed by atoms with Crippen LogP contribution >= 0.6 is 0 Å². The van der Waals surface area contributed by atoms with E-state index in [0.29, 0.717) is 28.4 Å². The van der Waals surface area contributed by atoms with Crippen LogP contribution in [0.4, 0.5) is 0 Å². The van der Waals surface area contributed by atoms with Gasteiger partial charge in [-0.25, -0.2) is 0 Å². The van der Waals surface area contributed by atoms with Gasteiger partial charge in [0.25, 0.3) is 0 Å². The van der Waals surface area contributed by atoms with E-state index >= 15 is 0 Å². The fraction of sp³-hybridized carbons (Fsp3) is 0.167. The zero-order chi connectivity index (χ0) is 16.8. The highest BCUT2D eigenvalue weighted by molar-refractivity contribution is 6.08. The Balaban J connectivity index is 2.26. The SMILES string of the molecule is COc1ccc(OC)c(C(=O)/C=C/c2ccc(OC)c(O)c2)c1. The molecule has 0 atom stereocenters. The topological polar surface area (TPSA) is 65.0 Å². The van der Waals surface area contributed by atoms with Gasteiger partial charge in [-0.05, 0) is 42.0 Å². The minimum absolute atomic E-state index is 0.0149. The van der Waals surface area contributed by atoms with E-state index in [1.807, 2.05) is 0 Å².